The van der Waals surface area contributed by atoms with Gasteiger partial charge >= 0.3 is 0 Å². The molecule has 3 aromatic carbocycles. The van der Waals surface area contributed by atoms with Crippen molar-refractivity contribution in [2.75, 3.05) is 30.0 Å². The Hall–Kier alpha value is -4.06. The monoisotopic (exact) mass is 540 g/mol. The van der Waals surface area contributed by atoms with E-state index < -0.39 is 17.7 Å². The third-order valence-corrected chi connectivity index (χ3v) is 7.86. The molecule has 6 nitrogen and oxygen atoms in total. The van der Waals surface area contributed by atoms with Gasteiger partial charge in [-0.2, -0.15) is 0 Å². The fourth-order valence-corrected chi connectivity index (χ4v) is 5.49. The lowest BCUT2D eigenvalue weighted by Crippen LogP contribution is -2.29. The molecule has 1 aliphatic rings. The molecule has 40 heavy (non-hydrogen) atoms. The molecule has 4 rings (SSSR count). The zero-order chi connectivity index (χ0) is 29.1. The number of nitrogens with zero attached hydrogens (tertiary/aromatic N) is 2. The number of amides is 1. The normalized spacial score (nSPS) is 16.6. The molecule has 0 spiro atoms. The van der Waals surface area contributed by atoms with Crippen molar-refractivity contribution < 1.29 is 19.4 Å². The fourth-order valence-electron chi connectivity index (χ4n) is 5.49. The standard InChI is InChI=1S/C34H40N2O4/c1-8-23-11-15-26(16-12-23)36-31(24-13-17-25(18-14-24)35(9-2)10-3)30(33(38)34(36)39)32(37)28-20-27(21(4)5)29(40-7)19-22(28)6/h11-21,31,37H,8-10H2,1-7H3/b32-30+. The molecule has 0 bridgehead atoms. The van der Waals surface area contributed by atoms with E-state index in [0.717, 1.165) is 53.2 Å². The molecule has 0 saturated carbocycles. The van der Waals surface area contributed by atoms with Crippen molar-refractivity contribution >= 4 is 28.8 Å². The second-order valence-electron chi connectivity index (χ2n) is 10.5. The number of hydrogen-bond acceptors (Lipinski definition) is 5. The first-order chi connectivity index (χ1) is 19.2. The highest BCUT2D eigenvalue weighted by molar-refractivity contribution is 6.51. The molecule has 3 aromatic rings. The van der Waals surface area contributed by atoms with Gasteiger partial charge in [-0.05, 0) is 91.8 Å². The van der Waals surface area contributed by atoms with E-state index in [2.05, 4.69) is 25.7 Å². The summed E-state index contributed by atoms with van der Waals surface area (Å²) in [6.45, 7) is 14.0. The Morgan fingerprint density at radius 1 is 0.975 bits per heavy atom. The van der Waals surface area contributed by atoms with Crippen LogP contribution >= 0.6 is 0 Å². The van der Waals surface area contributed by atoms with Crippen LogP contribution in [0.1, 0.15) is 74.4 Å². The molecule has 0 aliphatic carbocycles. The summed E-state index contributed by atoms with van der Waals surface area (Å²) in [4.78, 5) is 31.1. The van der Waals surface area contributed by atoms with Gasteiger partial charge in [-0.3, -0.25) is 14.5 Å². The molecule has 0 radical (unpaired) electrons. The quantitative estimate of drug-likeness (QED) is 0.177. The van der Waals surface area contributed by atoms with E-state index in [9.17, 15) is 14.7 Å². The predicted octanol–water partition coefficient (Wildman–Crippen LogP) is 7.16. The van der Waals surface area contributed by atoms with Crippen LogP contribution in [0, 0.1) is 6.92 Å². The van der Waals surface area contributed by atoms with Gasteiger partial charge in [0, 0.05) is 30.0 Å². The Bertz CT molecular complexity index is 1420. The number of Topliss-reactive ketones (excluding diaryl/α,β-unsaturated/α-hetero) is 1. The number of ether oxygens (including phenoxy) is 1. The number of aliphatic hydroxyl groups is 1. The lowest BCUT2D eigenvalue weighted by molar-refractivity contribution is -0.132. The van der Waals surface area contributed by atoms with E-state index in [1.54, 1.807) is 7.11 Å². The van der Waals surface area contributed by atoms with Gasteiger partial charge in [-0.1, -0.05) is 45.0 Å². The molecule has 1 amide bonds. The minimum absolute atomic E-state index is 0.0862. The molecule has 1 N–H and O–H groups in total. The largest absolute Gasteiger partial charge is 0.507 e. The summed E-state index contributed by atoms with van der Waals surface area (Å²) in [6.07, 6.45) is 0.865. The maximum absolute atomic E-state index is 13.7. The number of methoxy groups -OCH3 is 1. The first-order valence-corrected chi connectivity index (χ1v) is 14.1. The van der Waals surface area contributed by atoms with Crippen LogP contribution < -0.4 is 14.5 Å². The number of rotatable bonds is 9. The lowest BCUT2D eigenvalue weighted by Gasteiger charge is -2.27. The number of carbonyl (C=O) groups is 2. The highest BCUT2D eigenvalue weighted by Gasteiger charge is 2.47. The molecular weight excluding hydrogens is 500 g/mol. The van der Waals surface area contributed by atoms with Crippen molar-refractivity contribution in [2.24, 2.45) is 0 Å². The first kappa shape index (κ1) is 28.9. The highest BCUT2D eigenvalue weighted by Crippen LogP contribution is 2.44. The van der Waals surface area contributed by atoms with Crippen LogP contribution in [0.25, 0.3) is 5.76 Å². The van der Waals surface area contributed by atoms with Crippen molar-refractivity contribution in [1.82, 2.24) is 0 Å². The summed E-state index contributed by atoms with van der Waals surface area (Å²) in [7, 11) is 1.62. The average Bonchev–Trinajstić information content (AvgIpc) is 3.23. The predicted molar refractivity (Wildman–Crippen MR) is 162 cm³/mol. The van der Waals surface area contributed by atoms with E-state index in [1.807, 2.05) is 81.4 Å². The zero-order valence-corrected chi connectivity index (χ0v) is 24.6. The van der Waals surface area contributed by atoms with Crippen LogP contribution in [-0.4, -0.2) is 37.0 Å². The summed E-state index contributed by atoms with van der Waals surface area (Å²) >= 11 is 0. The molecule has 1 unspecified atom stereocenters. The molecular formula is C34H40N2O4. The number of hydrogen-bond donors (Lipinski definition) is 1. The smallest absolute Gasteiger partial charge is 0.300 e. The summed E-state index contributed by atoms with van der Waals surface area (Å²) in [5.41, 5.74) is 5.85. The van der Waals surface area contributed by atoms with Crippen LogP contribution in [0.4, 0.5) is 11.4 Å². The van der Waals surface area contributed by atoms with Gasteiger partial charge in [-0.25, -0.2) is 0 Å². The molecule has 6 heteroatoms. The van der Waals surface area contributed by atoms with Crippen molar-refractivity contribution in [1.29, 1.82) is 0 Å². The maximum atomic E-state index is 13.7. The van der Waals surface area contributed by atoms with Crippen LogP contribution in [-0.2, 0) is 16.0 Å². The lowest BCUT2D eigenvalue weighted by atomic mass is 9.91. The second kappa shape index (κ2) is 12.0. The minimum atomic E-state index is -0.776. The Balaban J connectivity index is 1.94. The number of anilines is 2. The minimum Gasteiger partial charge on any atom is -0.507 e. The number of carbonyl (C=O) groups excluding carboxylic acids is 2. The molecule has 0 aromatic heterocycles. The van der Waals surface area contributed by atoms with Crippen LogP contribution in [0.15, 0.2) is 66.2 Å². The Labute approximate surface area is 237 Å². The molecule has 1 atom stereocenters. The van der Waals surface area contributed by atoms with E-state index in [0.29, 0.717) is 11.3 Å². The average molecular weight is 541 g/mol. The van der Waals surface area contributed by atoms with E-state index >= 15 is 0 Å². The van der Waals surface area contributed by atoms with E-state index in [4.69, 9.17) is 4.74 Å². The third kappa shape index (κ3) is 5.23. The van der Waals surface area contributed by atoms with Gasteiger partial charge < -0.3 is 14.7 Å². The molecule has 1 fully saturated rings. The van der Waals surface area contributed by atoms with Gasteiger partial charge in [0.05, 0.1) is 18.7 Å². The summed E-state index contributed by atoms with van der Waals surface area (Å²) < 4.78 is 5.59. The number of aliphatic hydroxyl groups excluding tert-OH is 1. The van der Waals surface area contributed by atoms with Gasteiger partial charge in [0.1, 0.15) is 11.5 Å². The Kier molecular flexibility index (Phi) is 8.67. The number of ketones is 1. The second-order valence-corrected chi connectivity index (χ2v) is 10.5. The van der Waals surface area contributed by atoms with Gasteiger partial charge in [0.2, 0.25) is 0 Å². The Morgan fingerprint density at radius 2 is 1.60 bits per heavy atom. The summed E-state index contributed by atoms with van der Waals surface area (Å²) in [5.74, 6) is -0.671. The SMILES string of the molecule is CCc1ccc(N2C(=O)C(=O)/C(=C(/O)c3cc(C(C)C)c(OC)cc3C)C2c2ccc(N(CC)CC)cc2)cc1. The molecule has 1 heterocycles. The summed E-state index contributed by atoms with van der Waals surface area (Å²) in [5, 5.41) is 11.8. The van der Waals surface area contributed by atoms with Gasteiger partial charge in [-0.15, -0.1) is 0 Å². The highest BCUT2D eigenvalue weighted by atomic mass is 16.5. The topological polar surface area (TPSA) is 70.1 Å². The zero-order valence-electron chi connectivity index (χ0n) is 24.6. The maximum Gasteiger partial charge on any atom is 0.300 e. The molecule has 1 saturated heterocycles. The van der Waals surface area contributed by atoms with Gasteiger partial charge in [0.15, 0.2) is 0 Å². The number of aryl methyl sites for hydroxylation is 2. The van der Waals surface area contributed by atoms with Crippen LogP contribution in [0.5, 0.6) is 5.75 Å². The molecule has 1 aliphatic heterocycles. The fraction of sp³-hybridized carbons (Fsp3) is 0.353. The Morgan fingerprint density at radius 3 is 2.12 bits per heavy atom. The number of benzene rings is 3. The van der Waals surface area contributed by atoms with Crippen LogP contribution in [0.3, 0.4) is 0 Å². The van der Waals surface area contributed by atoms with Crippen LogP contribution in [0.2, 0.25) is 0 Å². The van der Waals surface area contributed by atoms with E-state index in [-0.39, 0.29) is 17.3 Å². The van der Waals surface area contributed by atoms with Gasteiger partial charge in [0.25, 0.3) is 11.7 Å². The van der Waals surface area contributed by atoms with Crippen molar-refractivity contribution in [3.8, 4) is 5.75 Å². The van der Waals surface area contributed by atoms with Crippen molar-refractivity contribution in [2.45, 2.75) is 59.9 Å². The molecule has 210 valence electrons. The third-order valence-electron chi connectivity index (χ3n) is 7.86. The summed E-state index contributed by atoms with van der Waals surface area (Å²) in [6, 6.07) is 18.6. The van der Waals surface area contributed by atoms with E-state index in [1.165, 1.54) is 4.90 Å². The first-order valence-electron chi connectivity index (χ1n) is 14.1. The van der Waals surface area contributed by atoms with Crippen molar-refractivity contribution in [3.05, 3.63) is 94.1 Å². The van der Waals surface area contributed by atoms with Crippen molar-refractivity contribution in [3.63, 3.8) is 0 Å².